The van der Waals surface area contributed by atoms with E-state index in [1.54, 1.807) is 24.3 Å². The molecule has 28 heavy (non-hydrogen) atoms. The van der Waals surface area contributed by atoms with Crippen LogP contribution >= 0.6 is 0 Å². The Kier molecular flexibility index (Phi) is 5.22. The van der Waals surface area contributed by atoms with E-state index >= 15 is 0 Å². The third kappa shape index (κ3) is 3.76. The molecule has 3 aromatic rings. The summed E-state index contributed by atoms with van der Waals surface area (Å²) in [4.78, 5) is 24.9. The van der Waals surface area contributed by atoms with E-state index in [1.165, 1.54) is 6.92 Å². The molecule has 3 aromatic carbocycles. The maximum Gasteiger partial charge on any atom is 0.342 e. The molecule has 1 amide bonds. The van der Waals surface area contributed by atoms with E-state index in [-0.39, 0.29) is 17.1 Å². The first-order chi connectivity index (χ1) is 13.3. The topological polar surface area (TPSA) is 95.9 Å². The van der Waals surface area contributed by atoms with E-state index in [4.69, 9.17) is 4.74 Å². The third-order valence-corrected chi connectivity index (χ3v) is 4.52. The molecule has 0 fully saturated rings. The Bertz CT molecular complexity index is 1070. The second-order valence-electron chi connectivity index (χ2n) is 6.69. The van der Waals surface area contributed by atoms with Gasteiger partial charge in [0.15, 0.2) is 6.10 Å². The van der Waals surface area contributed by atoms with Gasteiger partial charge in [-0.25, -0.2) is 4.79 Å². The molecule has 0 saturated heterocycles. The highest BCUT2D eigenvalue weighted by atomic mass is 16.5. The van der Waals surface area contributed by atoms with Gasteiger partial charge >= 0.3 is 5.97 Å². The number of carbonyl (C=O) groups is 2. The summed E-state index contributed by atoms with van der Waals surface area (Å²) in [6.07, 6.45) is -1.10. The van der Waals surface area contributed by atoms with Crippen LogP contribution in [0.1, 0.15) is 28.4 Å². The normalized spacial score (nSPS) is 11.8. The molecule has 0 heterocycles. The molecule has 0 bridgehead atoms. The van der Waals surface area contributed by atoms with Gasteiger partial charge in [0.2, 0.25) is 0 Å². The first-order valence-corrected chi connectivity index (χ1v) is 8.80. The standard InChI is InChI=1S/C22H21NO5/c1-12-8-9-13(2)18(10-12)23-21(26)14(3)28-22(27)17-11-19(24)15-6-4-5-7-16(15)20(17)25/h4-11,14,24-25H,1-3H3,(H,23,26)/t14-/m1/s1. The maximum absolute atomic E-state index is 12.5. The molecule has 0 saturated carbocycles. The quantitative estimate of drug-likeness (QED) is 0.469. The zero-order valence-corrected chi connectivity index (χ0v) is 15.8. The SMILES string of the molecule is Cc1ccc(C)c(NC(=O)[C@@H](C)OC(=O)c2cc(O)c3ccccc3c2O)c1. The van der Waals surface area contributed by atoms with Crippen molar-refractivity contribution in [3.8, 4) is 11.5 Å². The van der Waals surface area contributed by atoms with Crippen LogP contribution in [0.5, 0.6) is 11.5 Å². The third-order valence-electron chi connectivity index (χ3n) is 4.52. The Labute approximate surface area is 162 Å². The van der Waals surface area contributed by atoms with Gasteiger partial charge in [-0.1, -0.05) is 36.4 Å². The summed E-state index contributed by atoms with van der Waals surface area (Å²) in [6.45, 7) is 5.21. The zero-order chi connectivity index (χ0) is 20.4. The smallest absolute Gasteiger partial charge is 0.342 e. The minimum Gasteiger partial charge on any atom is -0.507 e. The van der Waals surface area contributed by atoms with Crippen molar-refractivity contribution in [1.82, 2.24) is 0 Å². The summed E-state index contributed by atoms with van der Waals surface area (Å²) < 4.78 is 5.20. The van der Waals surface area contributed by atoms with Gasteiger partial charge < -0.3 is 20.3 Å². The van der Waals surface area contributed by atoms with Gasteiger partial charge in [0.1, 0.15) is 17.1 Å². The van der Waals surface area contributed by atoms with Gasteiger partial charge in [0.25, 0.3) is 5.91 Å². The van der Waals surface area contributed by atoms with Crippen molar-refractivity contribution in [1.29, 1.82) is 0 Å². The number of aryl methyl sites for hydroxylation is 2. The average molecular weight is 379 g/mol. The molecule has 0 aliphatic heterocycles. The molecular weight excluding hydrogens is 358 g/mol. The molecule has 6 heteroatoms. The maximum atomic E-state index is 12.5. The number of aromatic hydroxyl groups is 2. The van der Waals surface area contributed by atoms with Crippen molar-refractivity contribution in [3.05, 3.63) is 65.2 Å². The lowest BCUT2D eigenvalue weighted by atomic mass is 10.0. The number of carbonyl (C=O) groups excluding carboxylic acids is 2. The van der Waals surface area contributed by atoms with Crippen LogP contribution in [-0.4, -0.2) is 28.2 Å². The van der Waals surface area contributed by atoms with Crippen LogP contribution in [0.15, 0.2) is 48.5 Å². The molecule has 6 nitrogen and oxygen atoms in total. The predicted octanol–water partition coefficient (Wildman–Crippen LogP) is 4.05. The number of phenolic OH excluding ortho intramolecular Hbond substituents is 2. The van der Waals surface area contributed by atoms with E-state index in [0.717, 1.165) is 17.2 Å². The fraction of sp³-hybridized carbons (Fsp3) is 0.182. The van der Waals surface area contributed by atoms with Gasteiger partial charge in [-0.15, -0.1) is 0 Å². The van der Waals surface area contributed by atoms with E-state index in [9.17, 15) is 19.8 Å². The van der Waals surface area contributed by atoms with Gasteiger partial charge in [-0.2, -0.15) is 0 Å². The highest BCUT2D eigenvalue weighted by Gasteiger charge is 2.23. The van der Waals surface area contributed by atoms with E-state index in [1.807, 2.05) is 32.0 Å². The zero-order valence-electron chi connectivity index (χ0n) is 15.8. The van der Waals surface area contributed by atoms with Gasteiger partial charge in [-0.05, 0) is 44.0 Å². The van der Waals surface area contributed by atoms with Crippen LogP contribution in [0.25, 0.3) is 10.8 Å². The van der Waals surface area contributed by atoms with Crippen molar-refractivity contribution in [3.63, 3.8) is 0 Å². The Morgan fingerprint density at radius 3 is 2.39 bits per heavy atom. The minimum atomic E-state index is -1.10. The molecular formula is C22H21NO5. The molecule has 0 aromatic heterocycles. The molecule has 144 valence electrons. The monoisotopic (exact) mass is 379 g/mol. The summed E-state index contributed by atoms with van der Waals surface area (Å²) in [7, 11) is 0. The molecule has 0 spiro atoms. The number of anilines is 1. The first-order valence-electron chi connectivity index (χ1n) is 8.80. The molecule has 3 N–H and O–H groups in total. The van der Waals surface area contributed by atoms with E-state index < -0.39 is 18.0 Å². The number of fused-ring (bicyclic) bond motifs is 1. The molecule has 0 radical (unpaired) electrons. The minimum absolute atomic E-state index is 0.159. The van der Waals surface area contributed by atoms with Crippen LogP contribution in [0, 0.1) is 13.8 Å². The lowest BCUT2D eigenvalue weighted by molar-refractivity contribution is -0.123. The van der Waals surface area contributed by atoms with Crippen LogP contribution < -0.4 is 5.32 Å². The number of rotatable bonds is 4. The summed E-state index contributed by atoms with van der Waals surface area (Å²) >= 11 is 0. The van der Waals surface area contributed by atoms with E-state index in [2.05, 4.69) is 5.32 Å². The molecule has 1 atom stereocenters. The lowest BCUT2D eigenvalue weighted by Gasteiger charge is -2.16. The van der Waals surface area contributed by atoms with Crippen LogP contribution in [0.3, 0.4) is 0 Å². The number of amides is 1. The van der Waals surface area contributed by atoms with Gasteiger partial charge in [0, 0.05) is 16.5 Å². The number of esters is 1. The second kappa shape index (κ2) is 7.60. The summed E-state index contributed by atoms with van der Waals surface area (Å²) in [5, 5.41) is 24.0. The van der Waals surface area contributed by atoms with E-state index in [0.29, 0.717) is 16.5 Å². The number of hydrogen-bond donors (Lipinski definition) is 3. The number of hydrogen-bond acceptors (Lipinski definition) is 5. The Morgan fingerprint density at radius 1 is 1.00 bits per heavy atom. The number of nitrogens with one attached hydrogen (secondary N) is 1. The van der Waals surface area contributed by atoms with Gasteiger partial charge in [0.05, 0.1) is 0 Å². The van der Waals surface area contributed by atoms with Gasteiger partial charge in [-0.3, -0.25) is 4.79 Å². The van der Waals surface area contributed by atoms with Crippen molar-refractivity contribution in [2.75, 3.05) is 5.32 Å². The summed E-state index contributed by atoms with van der Waals surface area (Å²) in [5.41, 5.74) is 2.30. The molecule has 0 aliphatic carbocycles. The van der Waals surface area contributed by atoms with Crippen LogP contribution in [0.4, 0.5) is 5.69 Å². The van der Waals surface area contributed by atoms with Crippen molar-refractivity contribution in [2.45, 2.75) is 26.9 Å². The predicted molar refractivity (Wildman–Crippen MR) is 107 cm³/mol. The molecule has 3 rings (SSSR count). The van der Waals surface area contributed by atoms with Crippen LogP contribution in [0.2, 0.25) is 0 Å². The van der Waals surface area contributed by atoms with Crippen molar-refractivity contribution in [2.24, 2.45) is 0 Å². The largest absolute Gasteiger partial charge is 0.507 e. The number of benzene rings is 3. The number of phenols is 2. The highest BCUT2D eigenvalue weighted by molar-refractivity contribution is 6.05. The fourth-order valence-electron chi connectivity index (χ4n) is 2.88. The number of ether oxygens (including phenoxy) is 1. The Balaban J connectivity index is 1.79. The average Bonchev–Trinajstić information content (AvgIpc) is 2.67. The van der Waals surface area contributed by atoms with Crippen molar-refractivity contribution < 1.29 is 24.5 Å². The fourth-order valence-corrected chi connectivity index (χ4v) is 2.88. The lowest BCUT2D eigenvalue weighted by Crippen LogP contribution is -2.30. The molecule has 0 unspecified atom stereocenters. The molecule has 0 aliphatic rings. The first kappa shape index (κ1) is 19.2. The van der Waals surface area contributed by atoms with Crippen LogP contribution in [-0.2, 0) is 9.53 Å². The second-order valence-corrected chi connectivity index (χ2v) is 6.69. The highest BCUT2D eigenvalue weighted by Crippen LogP contribution is 2.35. The Morgan fingerprint density at radius 2 is 1.68 bits per heavy atom. The summed E-state index contributed by atoms with van der Waals surface area (Å²) in [6, 6.07) is 13.4. The summed E-state index contributed by atoms with van der Waals surface area (Å²) in [5.74, 6) is -1.86. The Hall–Kier alpha value is -3.54. The van der Waals surface area contributed by atoms with Crippen molar-refractivity contribution >= 4 is 28.3 Å².